The maximum Gasteiger partial charge on any atom is 0.215 e. The zero-order valence-corrected chi connectivity index (χ0v) is 10.4. The van der Waals surface area contributed by atoms with Crippen molar-refractivity contribution < 1.29 is 8.42 Å². The molecule has 1 aliphatic rings. The third-order valence-electron chi connectivity index (χ3n) is 3.67. The minimum atomic E-state index is -3.20. The Morgan fingerprint density at radius 1 is 1.47 bits per heavy atom. The average molecular weight is 234 g/mol. The number of hydrogen-bond donors (Lipinski definition) is 2. The summed E-state index contributed by atoms with van der Waals surface area (Å²) in [4.78, 5) is 0. The maximum atomic E-state index is 11.7. The highest BCUT2D eigenvalue weighted by atomic mass is 32.2. The second kappa shape index (κ2) is 4.80. The van der Waals surface area contributed by atoms with E-state index in [2.05, 4.69) is 11.6 Å². The van der Waals surface area contributed by atoms with E-state index >= 15 is 0 Å². The van der Waals surface area contributed by atoms with Gasteiger partial charge in [-0.1, -0.05) is 13.3 Å². The lowest BCUT2D eigenvalue weighted by Gasteiger charge is -2.41. The molecule has 0 aliphatic heterocycles. The van der Waals surface area contributed by atoms with Crippen LogP contribution in [0.25, 0.3) is 0 Å². The fourth-order valence-electron chi connectivity index (χ4n) is 1.85. The Balaban J connectivity index is 2.49. The zero-order chi connectivity index (χ0) is 11.5. The van der Waals surface area contributed by atoms with Crippen molar-refractivity contribution in [3.8, 4) is 0 Å². The van der Waals surface area contributed by atoms with E-state index in [-0.39, 0.29) is 12.0 Å². The predicted molar refractivity (Wildman–Crippen MR) is 62.0 cm³/mol. The van der Waals surface area contributed by atoms with Crippen LogP contribution < -0.4 is 10.5 Å². The van der Waals surface area contributed by atoms with E-state index in [0.29, 0.717) is 6.54 Å². The monoisotopic (exact) mass is 234 g/mol. The molecule has 5 heteroatoms. The first-order valence-electron chi connectivity index (χ1n) is 5.64. The van der Waals surface area contributed by atoms with Crippen LogP contribution in [0.1, 0.15) is 39.5 Å². The molecule has 0 saturated heterocycles. The van der Waals surface area contributed by atoms with Crippen molar-refractivity contribution in [2.75, 3.05) is 13.1 Å². The van der Waals surface area contributed by atoms with Crippen molar-refractivity contribution in [3.05, 3.63) is 0 Å². The van der Waals surface area contributed by atoms with E-state index in [0.717, 1.165) is 19.3 Å². The topological polar surface area (TPSA) is 72.2 Å². The minimum absolute atomic E-state index is 0.175. The van der Waals surface area contributed by atoms with Crippen LogP contribution >= 0.6 is 0 Å². The molecule has 4 nitrogen and oxygen atoms in total. The van der Waals surface area contributed by atoms with Gasteiger partial charge in [0.25, 0.3) is 0 Å². The lowest BCUT2D eigenvalue weighted by molar-refractivity contribution is 0.133. The van der Waals surface area contributed by atoms with Gasteiger partial charge >= 0.3 is 0 Å². The molecule has 3 N–H and O–H groups in total. The molecule has 0 spiro atoms. The van der Waals surface area contributed by atoms with Crippen LogP contribution in [0.3, 0.4) is 0 Å². The van der Waals surface area contributed by atoms with Crippen molar-refractivity contribution in [2.24, 2.45) is 11.1 Å². The Morgan fingerprint density at radius 3 is 2.40 bits per heavy atom. The van der Waals surface area contributed by atoms with E-state index in [4.69, 9.17) is 5.73 Å². The maximum absolute atomic E-state index is 11.7. The molecule has 0 aromatic rings. The highest BCUT2D eigenvalue weighted by Gasteiger charge is 2.36. The Labute approximate surface area is 92.7 Å². The summed E-state index contributed by atoms with van der Waals surface area (Å²) in [6, 6.07) is 0. The molecule has 0 aromatic heterocycles. The quantitative estimate of drug-likeness (QED) is 0.715. The average Bonchev–Trinajstić information content (AvgIpc) is 2.15. The first-order valence-corrected chi connectivity index (χ1v) is 7.19. The molecular weight excluding hydrogens is 212 g/mol. The summed E-state index contributed by atoms with van der Waals surface area (Å²) in [5.74, 6) is 0. The Morgan fingerprint density at radius 2 is 2.07 bits per heavy atom. The molecule has 1 fully saturated rings. The van der Waals surface area contributed by atoms with E-state index in [1.54, 1.807) is 6.92 Å². The van der Waals surface area contributed by atoms with Gasteiger partial charge in [0.2, 0.25) is 10.0 Å². The summed E-state index contributed by atoms with van der Waals surface area (Å²) in [6.45, 7) is 4.52. The van der Waals surface area contributed by atoms with E-state index in [9.17, 15) is 8.42 Å². The molecule has 90 valence electrons. The van der Waals surface area contributed by atoms with Gasteiger partial charge in [-0.2, -0.15) is 0 Å². The molecule has 0 amide bonds. The highest BCUT2D eigenvalue weighted by molar-refractivity contribution is 7.90. The Kier molecular flexibility index (Phi) is 4.14. The zero-order valence-electron chi connectivity index (χ0n) is 9.62. The fraction of sp³-hybridized carbons (Fsp3) is 1.00. The van der Waals surface area contributed by atoms with E-state index in [1.165, 1.54) is 6.42 Å². The van der Waals surface area contributed by atoms with E-state index in [1.807, 2.05) is 0 Å². The Bertz CT molecular complexity index is 291. The Hall–Kier alpha value is -0.130. The van der Waals surface area contributed by atoms with Gasteiger partial charge in [-0.3, -0.25) is 0 Å². The summed E-state index contributed by atoms with van der Waals surface area (Å²) in [6.07, 6.45) is 4.56. The van der Waals surface area contributed by atoms with Crippen molar-refractivity contribution >= 4 is 10.0 Å². The fourth-order valence-corrected chi connectivity index (χ4v) is 2.90. The molecule has 0 heterocycles. The molecule has 1 aliphatic carbocycles. The second-order valence-electron chi connectivity index (χ2n) is 4.62. The largest absolute Gasteiger partial charge is 0.329 e. The second-order valence-corrected chi connectivity index (χ2v) is 6.80. The van der Waals surface area contributed by atoms with Crippen LogP contribution in [-0.2, 0) is 10.0 Å². The number of sulfonamides is 1. The van der Waals surface area contributed by atoms with Gasteiger partial charge in [0.15, 0.2) is 0 Å². The molecular formula is C10H22N2O2S. The molecule has 15 heavy (non-hydrogen) atoms. The molecule has 1 unspecified atom stereocenters. The van der Waals surface area contributed by atoms with Crippen LogP contribution in [-0.4, -0.2) is 26.8 Å². The molecule has 0 radical (unpaired) electrons. The summed E-state index contributed by atoms with van der Waals surface area (Å²) in [7, 11) is -3.20. The number of nitrogens with one attached hydrogen (secondary N) is 1. The third kappa shape index (κ3) is 2.92. The van der Waals surface area contributed by atoms with Gasteiger partial charge in [-0.05, 0) is 31.6 Å². The van der Waals surface area contributed by atoms with Crippen molar-refractivity contribution in [1.29, 1.82) is 0 Å². The molecule has 1 rings (SSSR count). The first-order chi connectivity index (χ1) is 6.96. The lowest BCUT2D eigenvalue weighted by Crippen LogP contribution is -2.45. The van der Waals surface area contributed by atoms with Gasteiger partial charge in [-0.15, -0.1) is 0 Å². The van der Waals surface area contributed by atoms with Crippen LogP contribution in [0.15, 0.2) is 0 Å². The van der Waals surface area contributed by atoms with Crippen LogP contribution in [0.4, 0.5) is 0 Å². The van der Waals surface area contributed by atoms with Gasteiger partial charge in [0.05, 0.1) is 5.25 Å². The number of rotatable bonds is 6. The van der Waals surface area contributed by atoms with Gasteiger partial charge in [0, 0.05) is 13.1 Å². The summed E-state index contributed by atoms with van der Waals surface area (Å²) in [5.41, 5.74) is 5.58. The van der Waals surface area contributed by atoms with Gasteiger partial charge in [0.1, 0.15) is 0 Å². The first kappa shape index (κ1) is 12.9. The molecule has 1 atom stereocenters. The summed E-state index contributed by atoms with van der Waals surface area (Å²) >= 11 is 0. The van der Waals surface area contributed by atoms with E-state index < -0.39 is 15.3 Å². The van der Waals surface area contributed by atoms with Crippen molar-refractivity contribution in [2.45, 2.75) is 44.8 Å². The number of hydrogen-bond acceptors (Lipinski definition) is 3. The van der Waals surface area contributed by atoms with Crippen molar-refractivity contribution in [3.63, 3.8) is 0 Å². The lowest BCUT2D eigenvalue weighted by atomic mass is 9.67. The standard InChI is InChI=1S/C10H22N2O2S/c1-3-10(5-4-6-10)8-12-15(13,14)9(2)7-11/h9,12H,3-8,11H2,1-2H3. The van der Waals surface area contributed by atoms with Gasteiger partial charge in [-0.25, -0.2) is 13.1 Å². The molecule has 0 bridgehead atoms. The SMILES string of the molecule is CCC1(CNS(=O)(=O)C(C)CN)CCC1. The van der Waals surface area contributed by atoms with Crippen LogP contribution in [0, 0.1) is 5.41 Å². The predicted octanol–water partition coefficient (Wildman–Crippen LogP) is 0.833. The minimum Gasteiger partial charge on any atom is -0.329 e. The summed E-state index contributed by atoms with van der Waals surface area (Å²) < 4.78 is 26.0. The normalized spacial score (nSPS) is 22.1. The molecule has 1 saturated carbocycles. The van der Waals surface area contributed by atoms with Gasteiger partial charge < -0.3 is 5.73 Å². The molecule has 0 aromatic carbocycles. The highest BCUT2D eigenvalue weighted by Crippen LogP contribution is 2.43. The third-order valence-corrected chi connectivity index (χ3v) is 5.47. The van der Waals surface area contributed by atoms with Crippen LogP contribution in [0.5, 0.6) is 0 Å². The van der Waals surface area contributed by atoms with Crippen molar-refractivity contribution in [1.82, 2.24) is 4.72 Å². The van der Waals surface area contributed by atoms with Crippen LogP contribution in [0.2, 0.25) is 0 Å². The number of nitrogens with two attached hydrogens (primary N) is 1. The summed E-state index contributed by atoms with van der Waals surface area (Å²) in [5, 5.41) is -0.494. The smallest absolute Gasteiger partial charge is 0.215 e.